The summed E-state index contributed by atoms with van der Waals surface area (Å²) in [7, 11) is 0. The molecule has 0 saturated carbocycles. The van der Waals surface area contributed by atoms with Crippen molar-refractivity contribution in [3.8, 4) is 0 Å². The van der Waals surface area contributed by atoms with E-state index in [1.807, 2.05) is 18.2 Å². The van der Waals surface area contributed by atoms with E-state index in [0.29, 0.717) is 10.0 Å². The Labute approximate surface area is 132 Å². The van der Waals surface area contributed by atoms with Crippen LogP contribution in [0.1, 0.15) is 24.1 Å². The smallest absolute Gasteiger partial charge is 0.0501 e. The molecule has 1 unspecified atom stereocenters. The van der Waals surface area contributed by atoms with Crippen LogP contribution in [0.3, 0.4) is 0 Å². The van der Waals surface area contributed by atoms with Crippen molar-refractivity contribution < 1.29 is 0 Å². The van der Waals surface area contributed by atoms with Crippen LogP contribution in [0.15, 0.2) is 40.9 Å². The molecular weight excluding hydrogens is 345 g/mol. The molecule has 1 atom stereocenters. The van der Waals surface area contributed by atoms with Gasteiger partial charge < -0.3 is 5.32 Å². The van der Waals surface area contributed by atoms with E-state index in [-0.39, 0.29) is 6.04 Å². The van der Waals surface area contributed by atoms with Crippen LogP contribution in [-0.4, -0.2) is 0 Å². The van der Waals surface area contributed by atoms with Gasteiger partial charge in [-0.15, -0.1) is 0 Å². The van der Waals surface area contributed by atoms with Crippen LogP contribution in [0.25, 0.3) is 0 Å². The number of halogens is 3. The van der Waals surface area contributed by atoms with Gasteiger partial charge in [-0.05, 0) is 71.2 Å². The van der Waals surface area contributed by atoms with Gasteiger partial charge in [0.1, 0.15) is 0 Å². The van der Waals surface area contributed by atoms with Gasteiger partial charge in [0.05, 0.1) is 6.04 Å². The van der Waals surface area contributed by atoms with Crippen LogP contribution < -0.4 is 5.32 Å². The first kappa shape index (κ1) is 14.7. The normalized spacial score (nSPS) is 12.3. The van der Waals surface area contributed by atoms with Gasteiger partial charge >= 0.3 is 0 Å². The highest BCUT2D eigenvalue weighted by Crippen LogP contribution is 2.31. The van der Waals surface area contributed by atoms with Crippen molar-refractivity contribution in [2.24, 2.45) is 0 Å². The van der Waals surface area contributed by atoms with Gasteiger partial charge in [-0.3, -0.25) is 0 Å². The van der Waals surface area contributed by atoms with Crippen molar-refractivity contribution >= 4 is 44.8 Å². The quantitative estimate of drug-likeness (QED) is 0.684. The lowest BCUT2D eigenvalue weighted by Crippen LogP contribution is -2.07. The van der Waals surface area contributed by atoms with Crippen LogP contribution in [0.4, 0.5) is 5.69 Å². The molecule has 0 spiro atoms. The molecule has 4 heteroatoms. The molecule has 2 aromatic rings. The van der Waals surface area contributed by atoms with Crippen molar-refractivity contribution in [2.75, 3.05) is 5.32 Å². The molecule has 0 bridgehead atoms. The highest BCUT2D eigenvalue weighted by molar-refractivity contribution is 9.10. The Morgan fingerprint density at radius 1 is 1.11 bits per heavy atom. The first-order valence-corrected chi connectivity index (χ1v) is 7.50. The summed E-state index contributed by atoms with van der Waals surface area (Å²) in [6.07, 6.45) is 0. The van der Waals surface area contributed by atoms with Crippen LogP contribution >= 0.6 is 39.1 Å². The highest BCUT2D eigenvalue weighted by atomic mass is 79.9. The number of hydrogen-bond acceptors (Lipinski definition) is 1. The molecular formula is C15H14BrCl2N. The maximum absolute atomic E-state index is 6.21. The van der Waals surface area contributed by atoms with E-state index in [2.05, 4.69) is 47.2 Å². The molecule has 0 fully saturated rings. The zero-order chi connectivity index (χ0) is 14.0. The molecule has 0 aromatic heterocycles. The third-order valence-corrected chi connectivity index (χ3v) is 4.16. The van der Waals surface area contributed by atoms with Crippen LogP contribution in [-0.2, 0) is 0 Å². The Morgan fingerprint density at radius 2 is 1.84 bits per heavy atom. The largest absolute Gasteiger partial charge is 0.378 e. The zero-order valence-corrected chi connectivity index (χ0v) is 13.8. The Hall–Kier alpha value is -0.700. The summed E-state index contributed by atoms with van der Waals surface area (Å²) in [5, 5.41) is 4.84. The van der Waals surface area contributed by atoms with Crippen molar-refractivity contribution in [1.29, 1.82) is 0 Å². The highest BCUT2D eigenvalue weighted by Gasteiger charge is 2.11. The Morgan fingerprint density at radius 3 is 2.53 bits per heavy atom. The average molecular weight is 359 g/mol. The van der Waals surface area contributed by atoms with Crippen LogP contribution in [0.5, 0.6) is 0 Å². The second kappa shape index (κ2) is 6.17. The summed E-state index contributed by atoms with van der Waals surface area (Å²) in [5.74, 6) is 0. The van der Waals surface area contributed by atoms with Gasteiger partial charge in [0.25, 0.3) is 0 Å². The van der Waals surface area contributed by atoms with Gasteiger partial charge in [-0.2, -0.15) is 0 Å². The molecule has 0 amide bonds. The Bertz CT molecular complexity index is 599. The molecule has 1 N–H and O–H groups in total. The second-order valence-corrected chi connectivity index (χ2v) is 6.21. The summed E-state index contributed by atoms with van der Waals surface area (Å²) in [5.41, 5.74) is 3.24. The fourth-order valence-electron chi connectivity index (χ4n) is 1.89. The molecule has 2 aromatic carbocycles. The van der Waals surface area contributed by atoms with Crippen molar-refractivity contribution in [3.63, 3.8) is 0 Å². The molecule has 0 heterocycles. The molecule has 2 rings (SSSR count). The Kier molecular flexibility index (Phi) is 4.77. The second-order valence-electron chi connectivity index (χ2n) is 4.52. The van der Waals surface area contributed by atoms with E-state index >= 15 is 0 Å². The minimum absolute atomic E-state index is 0.0743. The summed E-state index contributed by atoms with van der Waals surface area (Å²) >= 11 is 15.8. The predicted octanol–water partition coefficient (Wildman–Crippen LogP) is 6.24. The Balaban J connectivity index is 2.25. The number of rotatable bonds is 3. The molecule has 100 valence electrons. The summed E-state index contributed by atoms with van der Waals surface area (Å²) < 4.78 is 1.04. The van der Waals surface area contributed by atoms with E-state index in [9.17, 15) is 0 Å². The number of nitrogens with one attached hydrogen (secondary N) is 1. The molecule has 0 aliphatic rings. The minimum atomic E-state index is 0.0743. The number of hydrogen-bond donors (Lipinski definition) is 1. The average Bonchev–Trinajstić information content (AvgIpc) is 2.35. The van der Waals surface area contributed by atoms with Gasteiger partial charge in [0.2, 0.25) is 0 Å². The maximum atomic E-state index is 6.21. The summed E-state index contributed by atoms with van der Waals surface area (Å²) in [6, 6.07) is 11.8. The van der Waals surface area contributed by atoms with Gasteiger partial charge in [-0.1, -0.05) is 29.3 Å². The lowest BCUT2D eigenvalue weighted by Gasteiger charge is -2.18. The van der Waals surface area contributed by atoms with Crippen molar-refractivity contribution in [3.05, 3.63) is 62.0 Å². The third-order valence-electron chi connectivity index (χ3n) is 2.92. The van der Waals surface area contributed by atoms with E-state index in [0.717, 1.165) is 15.7 Å². The molecule has 0 radical (unpaired) electrons. The summed E-state index contributed by atoms with van der Waals surface area (Å²) in [6.45, 7) is 4.12. The lowest BCUT2D eigenvalue weighted by molar-refractivity contribution is 0.884. The maximum Gasteiger partial charge on any atom is 0.0501 e. The third kappa shape index (κ3) is 3.65. The van der Waals surface area contributed by atoms with E-state index in [4.69, 9.17) is 23.2 Å². The van der Waals surface area contributed by atoms with Crippen LogP contribution in [0.2, 0.25) is 10.0 Å². The van der Waals surface area contributed by atoms with E-state index < -0.39 is 0 Å². The first-order chi connectivity index (χ1) is 8.97. The van der Waals surface area contributed by atoms with E-state index in [1.54, 1.807) is 6.07 Å². The standard InChI is InChI=1S/C15H14BrCl2N/c1-9-3-6-15(13(16)7-9)19-10(2)12-8-11(17)4-5-14(12)18/h3-8,10,19H,1-2H3. The van der Waals surface area contributed by atoms with Gasteiger partial charge in [0.15, 0.2) is 0 Å². The molecule has 0 aliphatic heterocycles. The van der Waals surface area contributed by atoms with E-state index in [1.165, 1.54) is 5.56 Å². The van der Waals surface area contributed by atoms with Gasteiger partial charge in [-0.25, -0.2) is 0 Å². The molecule has 0 saturated heterocycles. The molecule has 1 nitrogen and oxygen atoms in total. The lowest BCUT2D eigenvalue weighted by atomic mass is 10.1. The first-order valence-electron chi connectivity index (χ1n) is 5.95. The number of anilines is 1. The molecule has 19 heavy (non-hydrogen) atoms. The fraction of sp³-hybridized carbons (Fsp3) is 0.200. The SMILES string of the molecule is Cc1ccc(NC(C)c2cc(Cl)ccc2Cl)c(Br)c1. The predicted molar refractivity (Wildman–Crippen MR) is 87.4 cm³/mol. The summed E-state index contributed by atoms with van der Waals surface area (Å²) in [4.78, 5) is 0. The topological polar surface area (TPSA) is 12.0 Å². The van der Waals surface area contributed by atoms with Crippen molar-refractivity contribution in [1.82, 2.24) is 0 Å². The molecule has 0 aliphatic carbocycles. The van der Waals surface area contributed by atoms with Crippen molar-refractivity contribution in [2.45, 2.75) is 19.9 Å². The number of aryl methyl sites for hydroxylation is 1. The fourth-order valence-corrected chi connectivity index (χ4v) is 2.96. The number of benzene rings is 2. The zero-order valence-electron chi connectivity index (χ0n) is 10.7. The minimum Gasteiger partial charge on any atom is -0.378 e. The van der Waals surface area contributed by atoms with Gasteiger partial charge in [0, 0.05) is 20.2 Å². The van der Waals surface area contributed by atoms with Crippen LogP contribution in [0, 0.1) is 6.92 Å². The monoisotopic (exact) mass is 357 g/mol.